The van der Waals surface area contributed by atoms with Crippen LogP contribution < -0.4 is 0 Å². The van der Waals surface area contributed by atoms with E-state index in [0.717, 1.165) is 16.6 Å². The second-order valence-electron chi connectivity index (χ2n) is 4.52. The van der Waals surface area contributed by atoms with Gasteiger partial charge >= 0.3 is 5.97 Å². The van der Waals surface area contributed by atoms with Crippen molar-refractivity contribution < 1.29 is 14.3 Å². The van der Waals surface area contributed by atoms with Crippen LogP contribution in [0.1, 0.15) is 21.8 Å². The lowest BCUT2D eigenvalue weighted by molar-refractivity contribution is 0.0665. The number of fused-ring (bicyclic) bond motifs is 1. The first-order valence-corrected chi connectivity index (χ1v) is 6.36. The minimum absolute atomic E-state index is 0.0598. The van der Waals surface area contributed by atoms with E-state index in [1.54, 1.807) is 16.9 Å². The number of hydrogen-bond donors (Lipinski definition) is 1. The first-order valence-electron chi connectivity index (χ1n) is 5.98. The van der Waals surface area contributed by atoms with Gasteiger partial charge in [-0.1, -0.05) is 17.7 Å². The Morgan fingerprint density at radius 3 is 2.90 bits per heavy atom. The molecule has 5 nitrogen and oxygen atoms in total. The average molecular weight is 291 g/mol. The Balaban J connectivity index is 1.96. The Bertz CT molecular complexity index is 804. The Morgan fingerprint density at radius 1 is 1.45 bits per heavy atom. The predicted octanol–water partition coefficient (Wildman–Crippen LogP) is 3.34. The third kappa shape index (κ3) is 2.16. The van der Waals surface area contributed by atoms with Crippen LogP contribution in [-0.2, 0) is 6.54 Å². The third-order valence-corrected chi connectivity index (χ3v) is 3.54. The number of benzene rings is 1. The van der Waals surface area contributed by atoms with E-state index >= 15 is 0 Å². The normalized spacial score (nSPS) is 11.1. The number of carbonyl (C=O) groups is 1. The van der Waals surface area contributed by atoms with Gasteiger partial charge in [-0.05, 0) is 30.7 Å². The van der Waals surface area contributed by atoms with Crippen LogP contribution in [0.15, 0.2) is 34.9 Å². The molecule has 6 heteroatoms. The zero-order valence-corrected chi connectivity index (χ0v) is 11.4. The lowest BCUT2D eigenvalue weighted by atomic mass is 10.1. The number of furan rings is 1. The van der Waals surface area contributed by atoms with E-state index in [1.807, 2.05) is 19.1 Å². The summed E-state index contributed by atoms with van der Waals surface area (Å²) in [7, 11) is 0. The smallest absolute Gasteiger partial charge is 0.371 e. The maximum atomic E-state index is 10.9. The third-order valence-electron chi connectivity index (χ3n) is 3.17. The number of nitrogens with zero attached hydrogens (tertiary/aromatic N) is 2. The van der Waals surface area contributed by atoms with Crippen LogP contribution in [-0.4, -0.2) is 20.9 Å². The summed E-state index contributed by atoms with van der Waals surface area (Å²) in [5.74, 6) is -1.13. The molecule has 0 atom stereocenters. The highest BCUT2D eigenvalue weighted by atomic mass is 35.5. The number of hydrogen-bond acceptors (Lipinski definition) is 3. The number of aromatic nitrogens is 2. The van der Waals surface area contributed by atoms with Crippen molar-refractivity contribution in [2.45, 2.75) is 13.5 Å². The highest BCUT2D eigenvalue weighted by Gasteiger charge is 2.11. The lowest BCUT2D eigenvalue weighted by Crippen LogP contribution is -2.03. The topological polar surface area (TPSA) is 68.3 Å². The summed E-state index contributed by atoms with van der Waals surface area (Å²) in [5.41, 5.74) is 2.45. The molecule has 3 aromatic rings. The van der Waals surface area contributed by atoms with Gasteiger partial charge in [0.15, 0.2) is 0 Å². The molecule has 2 aromatic heterocycles. The van der Waals surface area contributed by atoms with E-state index in [4.69, 9.17) is 21.1 Å². The van der Waals surface area contributed by atoms with Gasteiger partial charge in [-0.3, -0.25) is 4.68 Å². The molecule has 20 heavy (non-hydrogen) atoms. The monoisotopic (exact) mass is 290 g/mol. The van der Waals surface area contributed by atoms with Crippen LogP contribution in [0.5, 0.6) is 0 Å². The number of carboxylic acids is 1. The SMILES string of the molecule is Cc1c(Cl)cnn1Cc1ccc2oc(C(=O)O)cc2c1. The summed E-state index contributed by atoms with van der Waals surface area (Å²) < 4.78 is 7.01. The molecule has 0 aliphatic carbocycles. The number of rotatable bonds is 3. The molecule has 0 amide bonds. The Kier molecular flexibility index (Phi) is 2.99. The van der Waals surface area contributed by atoms with E-state index < -0.39 is 5.97 Å². The zero-order valence-electron chi connectivity index (χ0n) is 10.6. The summed E-state index contributed by atoms with van der Waals surface area (Å²) in [6.07, 6.45) is 1.61. The summed E-state index contributed by atoms with van der Waals surface area (Å²) in [5, 5.41) is 14.5. The second-order valence-corrected chi connectivity index (χ2v) is 4.93. The molecule has 0 bridgehead atoms. The summed E-state index contributed by atoms with van der Waals surface area (Å²) >= 11 is 5.97. The highest BCUT2D eigenvalue weighted by Crippen LogP contribution is 2.22. The van der Waals surface area contributed by atoms with Gasteiger partial charge in [0.25, 0.3) is 0 Å². The maximum Gasteiger partial charge on any atom is 0.371 e. The standard InChI is InChI=1S/C14H11ClN2O3/c1-8-11(15)6-16-17(8)7-9-2-3-12-10(4-9)5-13(20-12)14(18)19/h2-6H,7H2,1H3,(H,18,19). The fourth-order valence-corrected chi connectivity index (χ4v) is 2.19. The Labute approximate surface area is 119 Å². The Morgan fingerprint density at radius 2 is 2.25 bits per heavy atom. The molecule has 0 saturated heterocycles. The molecule has 0 aliphatic heterocycles. The molecular weight excluding hydrogens is 280 g/mol. The minimum Gasteiger partial charge on any atom is -0.475 e. The molecule has 0 fully saturated rings. The quantitative estimate of drug-likeness (QED) is 0.803. The van der Waals surface area contributed by atoms with Crippen molar-refractivity contribution in [3.8, 4) is 0 Å². The van der Waals surface area contributed by atoms with E-state index in [1.165, 1.54) is 6.07 Å². The van der Waals surface area contributed by atoms with Crippen molar-refractivity contribution in [3.05, 3.63) is 52.5 Å². The molecule has 102 valence electrons. The number of aromatic carboxylic acids is 1. The van der Waals surface area contributed by atoms with E-state index in [9.17, 15) is 4.79 Å². The summed E-state index contributed by atoms with van der Waals surface area (Å²) in [6, 6.07) is 7.05. The van der Waals surface area contributed by atoms with Gasteiger partial charge in [-0.25, -0.2) is 4.79 Å². The summed E-state index contributed by atoms with van der Waals surface area (Å²) in [6.45, 7) is 2.47. The molecule has 1 N–H and O–H groups in total. The van der Waals surface area contributed by atoms with E-state index in [0.29, 0.717) is 17.2 Å². The molecular formula is C14H11ClN2O3. The predicted molar refractivity (Wildman–Crippen MR) is 74.2 cm³/mol. The van der Waals surface area contributed by atoms with Gasteiger partial charge in [0.1, 0.15) is 5.58 Å². The minimum atomic E-state index is -1.07. The zero-order chi connectivity index (χ0) is 14.3. The van der Waals surface area contributed by atoms with Gasteiger partial charge in [0.2, 0.25) is 5.76 Å². The fraction of sp³-hybridized carbons (Fsp3) is 0.143. The first-order chi connectivity index (χ1) is 9.54. The van der Waals surface area contributed by atoms with Crippen LogP contribution in [0.25, 0.3) is 11.0 Å². The molecule has 0 aliphatic rings. The van der Waals surface area contributed by atoms with E-state index in [-0.39, 0.29) is 5.76 Å². The van der Waals surface area contributed by atoms with Gasteiger partial charge in [-0.15, -0.1) is 0 Å². The van der Waals surface area contributed by atoms with Gasteiger partial charge < -0.3 is 9.52 Å². The van der Waals surface area contributed by atoms with Crippen molar-refractivity contribution in [3.63, 3.8) is 0 Å². The molecule has 0 spiro atoms. The Hall–Kier alpha value is -2.27. The van der Waals surface area contributed by atoms with Crippen molar-refractivity contribution in [1.82, 2.24) is 9.78 Å². The largest absolute Gasteiger partial charge is 0.475 e. The summed E-state index contributed by atoms with van der Waals surface area (Å²) in [4.78, 5) is 10.9. The van der Waals surface area contributed by atoms with Crippen molar-refractivity contribution >= 4 is 28.5 Å². The van der Waals surface area contributed by atoms with Gasteiger partial charge in [0, 0.05) is 5.39 Å². The molecule has 2 heterocycles. The molecule has 1 aromatic carbocycles. The van der Waals surface area contributed by atoms with Crippen LogP contribution in [0.4, 0.5) is 0 Å². The lowest BCUT2D eigenvalue weighted by Gasteiger charge is -2.04. The first kappa shape index (κ1) is 12.7. The van der Waals surface area contributed by atoms with Crippen LogP contribution in [0.2, 0.25) is 5.02 Å². The maximum absolute atomic E-state index is 10.9. The van der Waals surface area contributed by atoms with Crippen molar-refractivity contribution in [1.29, 1.82) is 0 Å². The molecule has 3 rings (SSSR count). The fourth-order valence-electron chi connectivity index (χ4n) is 2.05. The van der Waals surface area contributed by atoms with Crippen molar-refractivity contribution in [2.24, 2.45) is 0 Å². The van der Waals surface area contributed by atoms with Crippen LogP contribution in [0.3, 0.4) is 0 Å². The van der Waals surface area contributed by atoms with Crippen LogP contribution in [0, 0.1) is 6.92 Å². The second kappa shape index (κ2) is 4.68. The number of halogens is 1. The number of carboxylic acid groups (broad SMARTS) is 1. The average Bonchev–Trinajstić information content (AvgIpc) is 2.97. The molecule has 0 unspecified atom stereocenters. The van der Waals surface area contributed by atoms with E-state index in [2.05, 4.69) is 5.10 Å². The van der Waals surface area contributed by atoms with Crippen molar-refractivity contribution in [2.75, 3.05) is 0 Å². The van der Waals surface area contributed by atoms with Crippen LogP contribution >= 0.6 is 11.6 Å². The molecule has 0 radical (unpaired) electrons. The highest BCUT2D eigenvalue weighted by molar-refractivity contribution is 6.31. The van der Waals surface area contributed by atoms with Gasteiger partial charge in [0.05, 0.1) is 23.5 Å². The molecule has 0 saturated carbocycles. The van der Waals surface area contributed by atoms with Gasteiger partial charge in [-0.2, -0.15) is 5.10 Å².